The number of nitrogens with zero attached hydrogens (tertiary/aromatic N) is 2. The van der Waals surface area contributed by atoms with E-state index in [1.54, 1.807) is 5.06 Å². The molecule has 2 amide bonds. The molecule has 0 aromatic heterocycles. The minimum absolute atomic E-state index is 0.0962. The van der Waals surface area contributed by atoms with Gasteiger partial charge in [-0.25, -0.2) is 4.90 Å². The van der Waals surface area contributed by atoms with Crippen molar-refractivity contribution in [2.75, 3.05) is 24.7 Å². The molecule has 1 aromatic rings. The Labute approximate surface area is 134 Å². The van der Waals surface area contributed by atoms with Gasteiger partial charge in [-0.3, -0.25) is 14.4 Å². The molecule has 3 fully saturated rings. The molecule has 3 aliphatic heterocycles. The number of alkyl halides is 3. The number of hydrogen-bond donors (Lipinski definition) is 0. The van der Waals surface area contributed by atoms with E-state index in [2.05, 4.69) is 0 Å². The van der Waals surface area contributed by atoms with Crippen LogP contribution in [0.25, 0.3) is 0 Å². The van der Waals surface area contributed by atoms with Crippen LogP contribution in [0.1, 0.15) is 5.56 Å². The van der Waals surface area contributed by atoms with Crippen molar-refractivity contribution in [1.29, 1.82) is 0 Å². The molecule has 0 bridgehead atoms. The van der Waals surface area contributed by atoms with Gasteiger partial charge in [-0.05, 0) is 18.2 Å². The monoisotopic (exact) mass is 342 g/mol. The molecule has 3 saturated heterocycles. The lowest BCUT2D eigenvalue weighted by Crippen LogP contribution is -2.46. The molecule has 128 valence electrons. The molecule has 9 heteroatoms. The molecule has 3 atom stereocenters. The molecule has 0 unspecified atom stereocenters. The number of halogens is 3. The van der Waals surface area contributed by atoms with Crippen molar-refractivity contribution >= 4 is 17.5 Å². The summed E-state index contributed by atoms with van der Waals surface area (Å²) in [6.45, 7) is 1.13. The van der Waals surface area contributed by atoms with Crippen LogP contribution < -0.4 is 4.90 Å². The Morgan fingerprint density at radius 3 is 2.71 bits per heavy atom. The van der Waals surface area contributed by atoms with E-state index in [1.807, 2.05) is 0 Å². The van der Waals surface area contributed by atoms with Crippen LogP contribution >= 0.6 is 0 Å². The van der Waals surface area contributed by atoms with E-state index in [1.165, 1.54) is 12.1 Å². The summed E-state index contributed by atoms with van der Waals surface area (Å²) < 4.78 is 43.9. The molecule has 6 nitrogen and oxygen atoms in total. The lowest BCUT2D eigenvalue weighted by atomic mass is 9.97. The molecule has 0 spiro atoms. The molecule has 0 N–H and O–H groups in total. The predicted octanol–water partition coefficient (Wildman–Crippen LogP) is 1.21. The van der Waals surface area contributed by atoms with Gasteiger partial charge in [-0.2, -0.15) is 18.2 Å². The number of carbonyl (C=O) groups is 2. The molecular formula is C15H13F3N2O4. The van der Waals surface area contributed by atoms with Gasteiger partial charge >= 0.3 is 6.18 Å². The molecule has 24 heavy (non-hydrogen) atoms. The largest absolute Gasteiger partial charge is 0.416 e. The Hall–Kier alpha value is -1.97. The second-order valence-corrected chi connectivity index (χ2v) is 5.89. The minimum Gasteiger partial charge on any atom is -0.378 e. The van der Waals surface area contributed by atoms with E-state index in [0.717, 1.165) is 17.0 Å². The van der Waals surface area contributed by atoms with Crippen molar-refractivity contribution in [1.82, 2.24) is 5.06 Å². The zero-order valence-electron chi connectivity index (χ0n) is 12.3. The molecule has 1 aromatic carbocycles. The third kappa shape index (κ3) is 2.23. The molecule has 3 aliphatic rings. The van der Waals surface area contributed by atoms with Gasteiger partial charge < -0.3 is 4.74 Å². The average Bonchev–Trinajstić information content (AvgIpc) is 3.03. The van der Waals surface area contributed by atoms with E-state index in [9.17, 15) is 22.8 Å². The summed E-state index contributed by atoms with van der Waals surface area (Å²) in [6, 6.07) is 3.77. The molecule has 0 radical (unpaired) electrons. The Morgan fingerprint density at radius 1 is 1.17 bits per heavy atom. The Bertz CT molecular complexity index is 708. The number of anilines is 1. The van der Waals surface area contributed by atoms with E-state index in [0.29, 0.717) is 13.2 Å². The van der Waals surface area contributed by atoms with Crippen LogP contribution in [0, 0.1) is 5.92 Å². The fourth-order valence-corrected chi connectivity index (χ4v) is 3.39. The average molecular weight is 342 g/mol. The number of hydroxylamine groups is 2. The number of morpholine rings is 1. The molecule has 0 saturated carbocycles. The van der Waals surface area contributed by atoms with E-state index >= 15 is 0 Å². The van der Waals surface area contributed by atoms with Crippen LogP contribution in [0.3, 0.4) is 0 Å². The summed E-state index contributed by atoms with van der Waals surface area (Å²) in [7, 11) is 0. The summed E-state index contributed by atoms with van der Waals surface area (Å²) >= 11 is 0. The smallest absolute Gasteiger partial charge is 0.378 e. The molecule has 0 aliphatic carbocycles. The first kappa shape index (κ1) is 15.6. The van der Waals surface area contributed by atoms with Crippen LogP contribution in [0.15, 0.2) is 24.3 Å². The number of imide groups is 1. The van der Waals surface area contributed by atoms with Crippen LogP contribution in [-0.4, -0.2) is 48.8 Å². The van der Waals surface area contributed by atoms with Gasteiger partial charge in [0.2, 0.25) is 5.91 Å². The zero-order valence-corrected chi connectivity index (χ0v) is 12.3. The zero-order chi connectivity index (χ0) is 17.1. The van der Waals surface area contributed by atoms with Crippen molar-refractivity contribution in [3.63, 3.8) is 0 Å². The van der Waals surface area contributed by atoms with Gasteiger partial charge in [0, 0.05) is 6.54 Å². The number of rotatable bonds is 1. The van der Waals surface area contributed by atoms with Gasteiger partial charge in [-0.15, -0.1) is 0 Å². The van der Waals surface area contributed by atoms with E-state index in [-0.39, 0.29) is 12.3 Å². The van der Waals surface area contributed by atoms with E-state index < -0.39 is 41.6 Å². The van der Waals surface area contributed by atoms with Crippen LogP contribution in [0.5, 0.6) is 0 Å². The number of fused-ring (bicyclic) bond motifs is 3. The maximum absolute atomic E-state index is 12.9. The highest BCUT2D eigenvalue weighted by molar-refractivity contribution is 6.23. The topological polar surface area (TPSA) is 59.1 Å². The summed E-state index contributed by atoms with van der Waals surface area (Å²) in [5.41, 5.74) is -1.01. The number of carbonyl (C=O) groups excluding carboxylic acids is 2. The summed E-state index contributed by atoms with van der Waals surface area (Å²) in [6.07, 6.45) is -5.55. The molecular weight excluding hydrogens is 329 g/mol. The van der Waals surface area contributed by atoms with Gasteiger partial charge in [0.25, 0.3) is 5.91 Å². The van der Waals surface area contributed by atoms with E-state index in [4.69, 9.17) is 9.57 Å². The lowest BCUT2D eigenvalue weighted by Gasteiger charge is -2.30. The highest BCUT2D eigenvalue weighted by Crippen LogP contribution is 2.40. The van der Waals surface area contributed by atoms with Crippen molar-refractivity contribution in [2.45, 2.75) is 18.3 Å². The Morgan fingerprint density at radius 2 is 1.96 bits per heavy atom. The summed E-state index contributed by atoms with van der Waals surface area (Å²) in [4.78, 5) is 31.5. The van der Waals surface area contributed by atoms with Crippen LogP contribution in [0.2, 0.25) is 0 Å². The minimum atomic E-state index is -4.55. The van der Waals surface area contributed by atoms with Crippen molar-refractivity contribution < 1.29 is 32.3 Å². The number of benzene rings is 1. The van der Waals surface area contributed by atoms with Crippen LogP contribution in [0.4, 0.5) is 18.9 Å². The Balaban J connectivity index is 1.67. The van der Waals surface area contributed by atoms with Crippen molar-refractivity contribution in [3.8, 4) is 0 Å². The summed E-state index contributed by atoms with van der Waals surface area (Å²) in [5.74, 6) is -1.95. The highest BCUT2D eigenvalue weighted by atomic mass is 19.4. The standard InChI is InChI=1S/C15H13F3N2O4/c16-15(17,18)8-2-1-3-9(6-8)20-13(21)11-10-7-23-5-4-19(10)24-12(11)14(20)22/h1-3,6,10-12H,4-5,7H2/t10-,11-,12-/m0/s1. The fraction of sp³-hybridized carbons (Fsp3) is 0.467. The quantitative estimate of drug-likeness (QED) is 0.718. The van der Waals surface area contributed by atoms with Gasteiger partial charge in [0.15, 0.2) is 6.10 Å². The number of hydrogen-bond acceptors (Lipinski definition) is 5. The molecule has 4 rings (SSSR count). The SMILES string of the molecule is O=C1[C@@H]2[C@H](ON3CCOC[C@@H]23)C(=O)N1c1cccc(C(F)(F)F)c1. The van der Waals surface area contributed by atoms with Gasteiger partial charge in [0.05, 0.1) is 36.4 Å². The van der Waals surface area contributed by atoms with Crippen molar-refractivity contribution in [2.24, 2.45) is 5.92 Å². The first-order chi connectivity index (χ1) is 11.4. The predicted molar refractivity (Wildman–Crippen MR) is 73.6 cm³/mol. The fourth-order valence-electron chi connectivity index (χ4n) is 3.39. The lowest BCUT2D eigenvalue weighted by molar-refractivity contribution is -0.197. The Kier molecular flexibility index (Phi) is 3.41. The third-order valence-corrected chi connectivity index (χ3v) is 4.51. The second-order valence-electron chi connectivity index (χ2n) is 5.89. The third-order valence-electron chi connectivity index (χ3n) is 4.51. The molecule has 3 heterocycles. The van der Waals surface area contributed by atoms with Crippen LogP contribution in [-0.2, 0) is 25.3 Å². The first-order valence-electron chi connectivity index (χ1n) is 7.44. The maximum atomic E-state index is 12.9. The van der Waals surface area contributed by atoms with Crippen molar-refractivity contribution in [3.05, 3.63) is 29.8 Å². The van der Waals surface area contributed by atoms with Gasteiger partial charge in [-0.1, -0.05) is 6.07 Å². The number of amides is 2. The highest BCUT2D eigenvalue weighted by Gasteiger charge is 2.60. The summed E-state index contributed by atoms with van der Waals surface area (Å²) in [5, 5.41) is 1.57. The normalized spacial score (nSPS) is 30.6. The van der Waals surface area contributed by atoms with Gasteiger partial charge in [0.1, 0.15) is 0 Å². The maximum Gasteiger partial charge on any atom is 0.416 e. The number of ether oxygens (including phenoxy) is 1. The second kappa shape index (κ2) is 5.27. The first-order valence-corrected chi connectivity index (χ1v) is 7.44.